The van der Waals surface area contributed by atoms with Crippen molar-refractivity contribution in [2.24, 2.45) is 0 Å². The van der Waals surface area contributed by atoms with Crippen molar-refractivity contribution >= 4 is 23.2 Å². The van der Waals surface area contributed by atoms with Crippen molar-refractivity contribution in [2.45, 2.75) is 388 Å². The fourth-order valence-corrected chi connectivity index (χ4v) is 12.8. The largest absolute Gasteiger partial charge is 0.490 e. The Morgan fingerprint density at radius 1 is 0.240 bits per heavy atom. The van der Waals surface area contributed by atoms with Gasteiger partial charge in [-0.05, 0) is 74.9 Å². The first-order chi connectivity index (χ1) is 47.4. The van der Waals surface area contributed by atoms with Gasteiger partial charge in [-0.2, -0.15) is 0 Å². The predicted molar refractivity (Wildman–Crippen MR) is 412 cm³/mol. The van der Waals surface area contributed by atoms with E-state index in [-0.39, 0.29) is 11.8 Å². The Labute approximate surface area is 590 Å². The van der Waals surface area contributed by atoms with Gasteiger partial charge in [-0.25, -0.2) is 0 Å². The molecule has 0 radical (unpaired) electrons. The van der Waals surface area contributed by atoms with Crippen molar-refractivity contribution in [1.82, 2.24) is 0 Å². The summed E-state index contributed by atoms with van der Waals surface area (Å²) in [5, 5.41) is 6.39. The number of benzene rings is 3. The molecular formula is C86H148N2O8. The van der Waals surface area contributed by atoms with Crippen LogP contribution in [0.15, 0.2) is 48.5 Å². The van der Waals surface area contributed by atoms with Crippen LogP contribution in [0.2, 0.25) is 0 Å². The van der Waals surface area contributed by atoms with Crippen molar-refractivity contribution < 1.29 is 38.0 Å². The van der Waals surface area contributed by atoms with E-state index in [1.807, 2.05) is 48.5 Å². The molecule has 3 aromatic carbocycles. The summed E-state index contributed by atoms with van der Waals surface area (Å²) in [5.74, 6) is 2.63. The highest BCUT2D eigenvalue weighted by molar-refractivity contribution is 6.10. The molecule has 0 atom stereocenters. The summed E-state index contributed by atoms with van der Waals surface area (Å²) in [4.78, 5) is 29.7. The molecule has 0 saturated heterocycles. The van der Waals surface area contributed by atoms with Crippen molar-refractivity contribution in [3.8, 4) is 34.5 Å². The minimum absolute atomic E-state index is 0.337. The third kappa shape index (κ3) is 43.7. The van der Waals surface area contributed by atoms with Crippen molar-refractivity contribution in [2.75, 3.05) is 50.3 Å². The number of nitrogens with one attached hydrogen (secondary N) is 2. The Bertz CT molecular complexity index is 2040. The van der Waals surface area contributed by atoms with Crippen LogP contribution in [0, 0.1) is 0 Å². The van der Waals surface area contributed by atoms with Crippen LogP contribution in [-0.2, 0) is 0 Å². The van der Waals surface area contributed by atoms with Crippen LogP contribution in [0.5, 0.6) is 34.5 Å². The smallest absolute Gasteiger partial charge is 0.255 e. The fourth-order valence-electron chi connectivity index (χ4n) is 12.8. The van der Waals surface area contributed by atoms with Crippen LogP contribution in [0.4, 0.5) is 11.4 Å². The average molecular weight is 1340 g/mol. The molecule has 0 unspecified atom stereocenters. The molecule has 2 N–H and O–H groups in total. The summed E-state index contributed by atoms with van der Waals surface area (Å²) in [6.45, 7) is 16.8. The minimum atomic E-state index is -0.337. The maximum atomic E-state index is 14.9. The number of hydrogen-bond donors (Lipinski definition) is 2. The summed E-state index contributed by atoms with van der Waals surface area (Å²) in [6.07, 6.45) is 65.9. The lowest BCUT2D eigenvalue weighted by molar-refractivity contribution is 0.101. The highest BCUT2D eigenvalue weighted by atomic mass is 16.5. The van der Waals surface area contributed by atoms with Crippen molar-refractivity contribution in [1.29, 1.82) is 0 Å². The van der Waals surface area contributed by atoms with E-state index >= 15 is 0 Å². The fraction of sp³-hybridized carbons (Fsp3) is 0.767. The molecule has 10 nitrogen and oxygen atoms in total. The van der Waals surface area contributed by atoms with Gasteiger partial charge in [0, 0.05) is 11.1 Å². The lowest BCUT2D eigenvalue weighted by atomic mass is 10.1. The first-order valence-electron chi connectivity index (χ1n) is 41.2. The van der Waals surface area contributed by atoms with Crippen LogP contribution < -0.4 is 39.1 Å². The minimum Gasteiger partial charge on any atom is -0.490 e. The molecule has 96 heavy (non-hydrogen) atoms. The van der Waals surface area contributed by atoms with Gasteiger partial charge >= 0.3 is 0 Å². The second-order valence-corrected chi connectivity index (χ2v) is 28.1. The molecule has 0 aliphatic heterocycles. The van der Waals surface area contributed by atoms with Gasteiger partial charge < -0.3 is 39.1 Å². The Morgan fingerprint density at radius 3 is 0.594 bits per heavy atom. The second kappa shape index (κ2) is 62.6. The van der Waals surface area contributed by atoms with E-state index in [9.17, 15) is 9.59 Å². The Morgan fingerprint density at radius 2 is 0.406 bits per heavy atom. The standard InChI is InChI=1S/C86H148N2O8/c1-7-13-19-25-31-37-43-49-57-65-91-79-71-75(72-80(92-66-58-50-44-38-32-26-20-14-8-2)83(79)95-69-61-53-47-41-35-29-23-17-11-5)85(89)87-77-63-55-56-64-78(77)88-86(90)76-73-81(93-67-59-51-45-39-33-27-21-15-9-3)84(96-70-62-54-48-42-36-30-24-18-12-6)82(74-76)94-68-60-52-46-40-34-28-22-16-10-4/h55-56,63-64,71-74H,7-54,57-62,65-70H2,1-6H3,(H,87,89)(H,88,90). The van der Waals surface area contributed by atoms with E-state index in [0.717, 1.165) is 77.0 Å². The molecule has 10 heteroatoms. The summed E-state index contributed by atoms with van der Waals surface area (Å²) >= 11 is 0. The Balaban J connectivity index is 1.96. The highest BCUT2D eigenvalue weighted by Crippen LogP contribution is 2.42. The summed E-state index contributed by atoms with van der Waals surface area (Å²) < 4.78 is 40.1. The van der Waals surface area contributed by atoms with Gasteiger partial charge in [0.05, 0.1) is 51.0 Å². The van der Waals surface area contributed by atoms with Crippen molar-refractivity contribution in [3.63, 3.8) is 0 Å². The second-order valence-electron chi connectivity index (χ2n) is 28.1. The monoisotopic (exact) mass is 1340 g/mol. The normalized spacial score (nSPS) is 11.3. The Kier molecular flexibility index (Phi) is 55.9. The molecule has 0 fully saturated rings. The first kappa shape index (κ1) is 85.6. The van der Waals surface area contributed by atoms with Crippen LogP contribution in [0.1, 0.15) is 409 Å². The first-order valence-corrected chi connectivity index (χ1v) is 41.2. The summed E-state index contributed by atoms with van der Waals surface area (Å²) in [7, 11) is 0. The van der Waals surface area contributed by atoms with Gasteiger partial charge in [-0.3, -0.25) is 9.59 Å². The zero-order valence-electron chi connectivity index (χ0n) is 63.3. The molecular weight excluding hydrogens is 1190 g/mol. The molecule has 0 heterocycles. The van der Waals surface area contributed by atoms with Crippen LogP contribution in [0.25, 0.3) is 0 Å². The molecule has 550 valence electrons. The number of carbonyl (C=O) groups is 2. The number of ether oxygens (including phenoxy) is 6. The maximum absolute atomic E-state index is 14.9. The van der Waals surface area contributed by atoms with Gasteiger partial charge in [-0.1, -0.05) is 362 Å². The molecule has 0 spiro atoms. The zero-order valence-corrected chi connectivity index (χ0v) is 63.3. The maximum Gasteiger partial charge on any atom is 0.255 e. The topological polar surface area (TPSA) is 114 Å². The number of unbranched alkanes of at least 4 members (excludes halogenated alkanes) is 48. The van der Waals surface area contributed by atoms with Gasteiger partial charge in [0.25, 0.3) is 11.8 Å². The quantitative estimate of drug-likeness (QED) is 0.0537. The van der Waals surface area contributed by atoms with Gasteiger partial charge in [0.15, 0.2) is 23.0 Å². The number of para-hydroxylation sites is 2. The lowest BCUT2D eigenvalue weighted by Crippen LogP contribution is -2.18. The average Bonchev–Trinajstić information content (AvgIpc) is 0.904. The van der Waals surface area contributed by atoms with E-state index in [2.05, 4.69) is 52.2 Å². The number of anilines is 2. The van der Waals surface area contributed by atoms with E-state index in [0.29, 0.717) is 96.6 Å². The third-order valence-electron chi connectivity index (χ3n) is 19.0. The number of amides is 2. The van der Waals surface area contributed by atoms with Gasteiger partial charge in [0.2, 0.25) is 11.5 Å². The molecule has 0 bridgehead atoms. The predicted octanol–water partition coefficient (Wildman–Crippen LogP) is 27.6. The molecule has 0 aliphatic rings. The molecule has 0 saturated carbocycles. The zero-order chi connectivity index (χ0) is 68.7. The molecule has 0 aromatic heterocycles. The van der Waals surface area contributed by atoms with Gasteiger partial charge in [0.1, 0.15) is 0 Å². The van der Waals surface area contributed by atoms with Gasteiger partial charge in [-0.15, -0.1) is 0 Å². The van der Waals surface area contributed by atoms with Crippen LogP contribution in [0.3, 0.4) is 0 Å². The van der Waals surface area contributed by atoms with E-state index < -0.39 is 0 Å². The third-order valence-corrected chi connectivity index (χ3v) is 19.0. The van der Waals surface area contributed by atoms with Crippen LogP contribution >= 0.6 is 0 Å². The number of rotatable bonds is 70. The molecule has 2 amide bonds. The molecule has 3 rings (SSSR count). The van der Waals surface area contributed by atoms with Crippen LogP contribution in [-0.4, -0.2) is 51.5 Å². The number of hydrogen-bond acceptors (Lipinski definition) is 8. The van der Waals surface area contributed by atoms with E-state index in [1.165, 1.54) is 270 Å². The lowest BCUT2D eigenvalue weighted by Gasteiger charge is -2.20. The molecule has 0 aliphatic carbocycles. The van der Waals surface area contributed by atoms with E-state index in [4.69, 9.17) is 28.4 Å². The molecule has 3 aromatic rings. The van der Waals surface area contributed by atoms with E-state index in [1.54, 1.807) is 0 Å². The number of carbonyl (C=O) groups excluding carboxylic acids is 2. The SMILES string of the molecule is CCCCCCCCCCCOc1cc(C(=O)Nc2ccccc2NC(=O)c2cc(OCCCCCCCCCCC)c(OCCCCCCCCCCC)c(OCCCCCCCCCCC)c2)cc(OCCCCCCCCCCC)c1OCCCCCCCCCCC. The summed E-state index contributed by atoms with van der Waals surface area (Å²) in [5.41, 5.74) is 1.74. The summed E-state index contributed by atoms with van der Waals surface area (Å²) in [6, 6.07) is 14.7. The highest BCUT2D eigenvalue weighted by Gasteiger charge is 2.23. The Hall–Kier alpha value is -4.60. The van der Waals surface area contributed by atoms with Crippen molar-refractivity contribution in [3.05, 3.63) is 59.7 Å².